The predicted molar refractivity (Wildman–Crippen MR) is 99.8 cm³/mol. The molecular weight excluding hydrogens is 383 g/mol. The van der Waals surface area contributed by atoms with Gasteiger partial charge in [0.2, 0.25) is 0 Å². The summed E-state index contributed by atoms with van der Waals surface area (Å²) in [5.41, 5.74) is -0.598. The Morgan fingerprint density at radius 3 is 2.56 bits per heavy atom. The first kappa shape index (κ1) is 18.1. The van der Waals surface area contributed by atoms with E-state index in [1.165, 1.54) is 0 Å². The Bertz CT molecular complexity index is 880. The highest BCUT2D eigenvalue weighted by Gasteiger charge is 2.27. The van der Waals surface area contributed by atoms with E-state index >= 15 is 0 Å². The van der Waals surface area contributed by atoms with E-state index in [4.69, 9.17) is 39.5 Å². The summed E-state index contributed by atoms with van der Waals surface area (Å²) in [6, 6.07) is 11.9. The maximum Gasteiger partial charge on any atom is 0.146 e. The fourth-order valence-electron chi connectivity index (χ4n) is 2.48. The molecular formula is C18H15Cl3N2O2. The number of ether oxygens (including phenoxy) is 1. The molecule has 0 saturated carbocycles. The van der Waals surface area contributed by atoms with E-state index in [1.54, 1.807) is 66.5 Å². The van der Waals surface area contributed by atoms with Crippen molar-refractivity contribution in [1.82, 2.24) is 9.78 Å². The van der Waals surface area contributed by atoms with Crippen LogP contribution >= 0.6 is 34.8 Å². The lowest BCUT2D eigenvalue weighted by molar-refractivity contribution is 0.0347. The Balaban J connectivity index is 1.82. The molecule has 0 spiro atoms. The van der Waals surface area contributed by atoms with E-state index in [0.29, 0.717) is 32.1 Å². The maximum atomic E-state index is 10.8. The van der Waals surface area contributed by atoms with Crippen molar-refractivity contribution in [3.8, 4) is 11.5 Å². The molecule has 0 aliphatic rings. The summed E-state index contributed by atoms with van der Waals surface area (Å²) in [5, 5.41) is 16.2. The molecule has 7 heteroatoms. The summed E-state index contributed by atoms with van der Waals surface area (Å²) in [6.45, 7) is 1.97. The highest BCUT2D eigenvalue weighted by molar-refractivity contribution is 6.35. The van der Waals surface area contributed by atoms with Crippen LogP contribution in [0.3, 0.4) is 0 Å². The van der Waals surface area contributed by atoms with E-state index in [1.807, 2.05) is 0 Å². The van der Waals surface area contributed by atoms with Crippen molar-refractivity contribution in [3.05, 3.63) is 75.5 Å². The van der Waals surface area contributed by atoms with Gasteiger partial charge in [-0.05, 0) is 43.3 Å². The molecule has 2 aromatic carbocycles. The van der Waals surface area contributed by atoms with Crippen molar-refractivity contribution >= 4 is 34.8 Å². The molecule has 1 N–H and O–H groups in total. The number of benzene rings is 2. The number of nitrogens with zero attached hydrogens (tertiary/aromatic N) is 2. The van der Waals surface area contributed by atoms with E-state index in [2.05, 4.69) is 5.10 Å². The van der Waals surface area contributed by atoms with Crippen molar-refractivity contribution in [2.45, 2.75) is 19.1 Å². The lowest BCUT2D eigenvalue weighted by Crippen LogP contribution is -2.28. The number of halogens is 3. The smallest absolute Gasteiger partial charge is 0.146 e. The van der Waals surface area contributed by atoms with Crippen LogP contribution in [0.25, 0.3) is 0 Å². The zero-order chi connectivity index (χ0) is 18.0. The third-order valence-corrected chi connectivity index (χ3v) is 4.51. The summed E-state index contributed by atoms with van der Waals surface area (Å²) in [7, 11) is 0. The van der Waals surface area contributed by atoms with Crippen LogP contribution in [0.2, 0.25) is 15.1 Å². The molecule has 0 amide bonds. The van der Waals surface area contributed by atoms with Gasteiger partial charge in [0.25, 0.3) is 0 Å². The van der Waals surface area contributed by atoms with Crippen molar-refractivity contribution in [1.29, 1.82) is 0 Å². The average molecular weight is 398 g/mol. The normalized spacial score (nSPS) is 13.5. The molecule has 3 aromatic rings. The molecule has 0 fully saturated rings. The fraction of sp³-hybridized carbons (Fsp3) is 0.167. The summed E-state index contributed by atoms with van der Waals surface area (Å²) < 4.78 is 7.39. The van der Waals surface area contributed by atoms with Gasteiger partial charge in [0.15, 0.2) is 0 Å². The Labute approximate surface area is 160 Å². The topological polar surface area (TPSA) is 47.3 Å². The van der Waals surface area contributed by atoms with Crippen LogP contribution in [-0.2, 0) is 12.1 Å². The fourth-order valence-corrected chi connectivity index (χ4v) is 3.30. The molecule has 1 heterocycles. The number of aliphatic hydroxyl groups is 1. The first-order chi connectivity index (χ1) is 11.8. The van der Waals surface area contributed by atoms with Crippen molar-refractivity contribution < 1.29 is 9.84 Å². The highest BCUT2D eigenvalue weighted by atomic mass is 35.5. The summed E-state index contributed by atoms with van der Waals surface area (Å²) >= 11 is 18.4. The van der Waals surface area contributed by atoms with Gasteiger partial charge in [0.05, 0.1) is 16.6 Å². The molecule has 1 unspecified atom stereocenters. The lowest BCUT2D eigenvalue weighted by atomic mass is 9.96. The van der Waals surface area contributed by atoms with Crippen molar-refractivity contribution in [2.75, 3.05) is 0 Å². The molecule has 0 aliphatic heterocycles. The zero-order valence-corrected chi connectivity index (χ0v) is 15.6. The second kappa shape index (κ2) is 7.26. The predicted octanol–water partition coefficient (Wildman–Crippen LogP) is 5.54. The summed E-state index contributed by atoms with van der Waals surface area (Å²) in [4.78, 5) is 0. The Kier molecular flexibility index (Phi) is 5.25. The van der Waals surface area contributed by atoms with E-state index in [-0.39, 0.29) is 6.54 Å². The average Bonchev–Trinajstić information content (AvgIpc) is 3.02. The number of rotatable bonds is 5. The van der Waals surface area contributed by atoms with Gasteiger partial charge in [-0.1, -0.05) is 40.9 Å². The van der Waals surface area contributed by atoms with Gasteiger partial charge in [-0.3, -0.25) is 4.68 Å². The van der Waals surface area contributed by atoms with Gasteiger partial charge in [0.1, 0.15) is 17.1 Å². The monoisotopic (exact) mass is 396 g/mol. The van der Waals surface area contributed by atoms with Crippen molar-refractivity contribution in [3.63, 3.8) is 0 Å². The van der Waals surface area contributed by atoms with E-state index in [9.17, 15) is 5.11 Å². The first-order valence-corrected chi connectivity index (χ1v) is 8.61. The van der Waals surface area contributed by atoms with E-state index < -0.39 is 5.60 Å². The SMILES string of the molecule is CC(O)(Cn1cccn1)c1ccc(Oc2ccc(Cl)cc2Cl)cc1Cl. The largest absolute Gasteiger partial charge is 0.456 e. The first-order valence-electron chi connectivity index (χ1n) is 7.48. The van der Waals surface area contributed by atoms with Crippen molar-refractivity contribution in [2.24, 2.45) is 0 Å². The van der Waals surface area contributed by atoms with Crippen LogP contribution in [0.1, 0.15) is 12.5 Å². The van der Waals surface area contributed by atoms with Crippen LogP contribution in [0, 0.1) is 0 Å². The van der Waals surface area contributed by atoms with Crippen LogP contribution in [0.4, 0.5) is 0 Å². The molecule has 1 atom stereocenters. The van der Waals surface area contributed by atoms with Gasteiger partial charge in [-0.15, -0.1) is 0 Å². The molecule has 4 nitrogen and oxygen atoms in total. The molecule has 3 rings (SSSR count). The molecule has 1 aromatic heterocycles. The Morgan fingerprint density at radius 2 is 1.92 bits per heavy atom. The minimum atomic E-state index is -1.18. The summed E-state index contributed by atoms with van der Waals surface area (Å²) in [6.07, 6.45) is 3.44. The molecule has 25 heavy (non-hydrogen) atoms. The number of hydrogen-bond donors (Lipinski definition) is 1. The lowest BCUT2D eigenvalue weighted by Gasteiger charge is -2.25. The van der Waals surface area contributed by atoms with Gasteiger partial charge in [0, 0.05) is 23.0 Å². The quantitative estimate of drug-likeness (QED) is 0.614. The summed E-state index contributed by atoms with van der Waals surface area (Å²) in [5.74, 6) is 0.978. The number of hydrogen-bond acceptors (Lipinski definition) is 3. The minimum Gasteiger partial charge on any atom is -0.456 e. The molecule has 0 aliphatic carbocycles. The standard InChI is InChI=1S/C18H15Cl3N2O2/c1-18(24,11-23-8-2-7-22-23)14-5-4-13(10-15(14)20)25-17-6-3-12(19)9-16(17)21/h2-10,24H,11H2,1H3. The van der Waals surface area contributed by atoms with Gasteiger partial charge in [-0.25, -0.2) is 0 Å². The van der Waals surface area contributed by atoms with E-state index in [0.717, 1.165) is 0 Å². The Morgan fingerprint density at radius 1 is 1.12 bits per heavy atom. The third kappa shape index (κ3) is 4.28. The molecule has 0 radical (unpaired) electrons. The highest BCUT2D eigenvalue weighted by Crippen LogP contribution is 2.36. The number of aromatic nitrogens is 2. The Hall–Kier alpha value is -1.72. The van der Waals surface area contributed by atoms with Gasteiger partial charge < -0.3 is 9.84 Å². The van der Waals surface area contributed by atoms with Gasteiger partial charge in [-0.2, -0.15) is 5.10 Å². The van der Waals surface area contributed by atoms with Crippen LogP contribution < -0.4 is 4.74 Å². The third-order valence-electron chi connectivity index (χ3n) is 3.67. The second-order valence-corrected chi connectivity index (χ2v) is 7.05. The maximum absolute atomic E-state index is 10.8. The molecule has 130 valence electrons. The van der Waals surface area contributed by atoms with Crippen LogP contribution in [0.5, 0.6) is 11.5 Å². The van der Waals surface area contributed by atoms with Crippen LogP contribution in [0.15, 0.2) is 54.9 Å². The molecule has 0 saturated heterocycles. The van der Waals surface area contributed by atoms with Gasteiger partial charge >= 0.3 is 0 Å². The zero-order valence-electron chi connectivity index (χ0n) is 13.3. The molecule has 0 bridgehead atoms. The second-order valence-electron chi connectivity index (χ2n) is 5.80. The van der Waals surface area contributed by atoms with Crippen LogP contribution in [-0.4, -0.2) is 14.9 Å². The minimum absolute atomic E-state index is 0.281.